The van der Waals surface area contributed by atoms with E-state index in [0.29, 0.717) is 64.0 Å². The summed E-state index contributed by atoms with van der Waals surface area (Å²) in [6, 6.07) is -10.4. The molecule has 0 radical (unpaired) electrons. The van der Waals surface area contributed by atoms with E-state index in [4.69, 9.17) is 4.74 Å². The van der Waals surface area contributed by atoms with Gasteiger partial charge in [-0.1, -0.05) is 97.1 Å². The highest BCUT2D eigenvalue weighted by molar-refractivity contribution is 6.01. The number of rotatable bonds is 13. The first kappa shape index (κ1) is 85.0. The lowest BCUT2D eigenvalue weighted by Crippen LogP contribution is -2.68. The number of amides is 12. The number of alkyl halides is 5. The van der Waals surface area contributed by atoms with E-state index in [1.165, 1.54) is 76.6 Å². The summed E-state index contributed by atoms with van der Waals surface area (Å²) in [6.07, 6.45) is 1.03. The Morgan fingerprint density at radius 2 is 1.24 bits per heavy atom. The number of carbonyl (C=O) groups is 12. The maximum atomic E-state index is 15.7. The molecule has 9 rings (SSSR count). The van der Waals surface area contributed by atoms with Gasteiger partial charge in [-0.25, -0.2) is 8.78 Å². The number of likely N-dealkylation sites (N-methyl/N-ethyl adjacent to an activating group) is 6. The molecule has 12 amide bonds. The van der Waals surface area contributed by atoms with Crippen LogP contribution in [0.25, 0.3) is 0 Å². The Hall–Kier alpha value is -7.01. The molecule has 12 atom stereocenters. The van der Waals surface area contributed by atoms with Gasteiger partial charge in [0.2, 0.25) is 70.9 Å². The predicted octanol–water partition coefficient (Wildman–Crippen LogP) is 6.49. The zero-order valence-electron chi connectivity index (χ0n) is 65.3. The van der Waals surface area contributed by atoms with Gasteiger partial charge in [0.1, 0.15) is 72.1 Å². The fourth-order valence-electron chi connectivity index (χ4n) is 18.3. The maximum absolute atomic E-state index is 15.7. The van der Waals surface area contributed by atoms with Crippen LogP contribution in [0.5, 0.6) is 0 Å². The van der Waals surface area contributed by atoms with Crippen LogP contribution in [-0.4, -0.2) is 282 Å². The van der Waals surface area contributed by atoms with E-state index in [1.54, 1.807) is 24.8 Å². The van der Waals surface area contributed by atoms with Crippen LogP contribution in [0.4, 0.5) is 22.0 Å². The number of nitrogens with one attached hydrogen (secondary N) is 3. The zero-order chi connectivity index (χ0) is 78.8. The van der Waals surface area contributed by atoms with E-state index < -0.39 is 205 Å². The molecule has 0 aromatic carbocycles. The Balaban J connectivity index is 1.10. The Morgan fingerprint density at radius 1 is 0.611 bits per heavy atom. The van der Waals surface area contributed by atoms with Crippen molar-refractivity contribution in [3.8, 4) is 0 Å². The van der Waals surface area contributed by atoms with E-state index in [2.05, 4.69) is 22.9 Å². The van der Waals surface area contributed by atoms with E-state index in [9.17, 15) is 27.6 Å². The van der Waals surface area contributed by atoms with Gasteiger partial charge < -0.3 is 64.8 Å². The maximum Gasteiger partial charge on any atom is 0.397 e. The van der Waals surface area contributed by atoms with Crippen molar-refractivity contribution < 1.29 is 84.2 Å². The summed E-state index contributed by atoms with van der Waals surface area (Å²) < 4.78 is 79.1. The number of halogens is 5. The van der Waals surface area contributed by atoms with Crippen molar-refractivity contribution in [2.24, 2.45) is 41.4 Å². The summed E-state index contributed by atoms with van der Waals surface area (Å²) in [7, 11) is 8.60. The molecular formula is C78H121F5N12O13. The van der Waals surface area contributed by atoms with Crippen LogP contribution in [0.15, 0.2) is 12.2 Å². The molecule has 30 heteroatoms. The minimum Gasteiger partial charge on any atom is -0.377 e. The van der Waals surface area contributed by atoms with Crippen molar-refractivity contribution in [3.05, 3.63) is 12.2 Å². The smallest absolute Gasteiger partial charge is 0.377 e. The van der Waals surface area contributed by atoms with Gasteiger partial charge in [-0.15, -0.1) is 0 Å². The second-order valence-corrected chi connectivity index (χ2v) is 33.2. The van der Waals surface area contributed by atoms with Crippen molar-refractivity contribution in [3.63, 3.8) is 0 Å². The highest BCUT2D eigenvalue weighted by atomic mass is 19.4. The van der Waals surface area contributed by atoms with Crippen molar-refractivity contribution in [1.29, 1.82) is 0 Å². The molecule has 1 spiro atoms. The lowest BCUT2D eigenvalue weighted by atomic mass is 9.74. The van der Waals surface area contributed by atoms with Gasteiger partial charge in [0.05, 0.1) is 25.6 Å². The third kappa shape index (κ3) is 20.0. The fourth-order valence-corrected chi connectivity index (χ4v) is 18.3. The Bertz CT molecular complexity index is 3240. The lowest BCUT2D eigenvalue weighted by Gasteiger charge is -2.46. The molecular weight excluding hydrogens is 1410 g/mol. The summed E-state index contributed by atoms with van der Waals surface area (Å²) in [6.45, 7) is 6.87. The van der Waals surface area contributed by atoms with Gasteiger partial charge >= 0.3 is 6.18 Å². The Morgan fingerprint density at radius 3 is 1.83 bits per heavy atom. The molecule has 0 aromatic heterocycles. The molecule has 2 bridgehead atoms. The monoisotopic (exact) mass is 1530 g/mol. The molecule has 3 N–H and O–H groups in total. The first-order chi connectivity index (χ1) is 51.2. The summed E-state index contributed by atoms with van der Waals surface area (Å²) in [5.41, 5.74) is -1.63. The fraction of sp³-hybridized carbons (Fsp3) is 0.821. The minimum atomic E-state index is -5.17. The number of fused-ring (bicyclic) bond motifs is 3. The summed E-state index contributed by atoms with van der Waals surface area (Å²) in [4.78, 5) is 195. The first-order valence-electron chi connectivity index (χ1n) is 40.2. The van der Waals surface area contributed by atoms with E-state index in [1.807, 2.05) is 13.0 Å². The predicted molar refractivity (Wildman–Crippen MR) is 390 cm³/mol. The number of hydrogen-bond donors (Lipinski definition) is 3. The minimum absolute atomic E-state index is 0.0224. The van der Waals surface area contributed by atoms with Gasteiger partial charge in [0.25, 0.3) is 0 Å². The number of carbonyl (C=O) groups excluding carboxylic acids is 12. The molecule has 8 fully saturated rings. The van der Waals surface area contributed by atoms with Crippen molar-refractivity contribution >= 4 is 70.9 Å². The molecule has 3 saturated heterocycles. The standard InChI is InChI=1S/C78H121F5N12O13/c1-11-48(4)66-74(105)88(6)46-64(98)89(7)57-26-14-13-17-37-94(73(57)104)61(41-50-29-27-47(3)28-30-50)71(102)87(5)45-62(96)84-56(32-31-51-38-54(79)65(55(80)39-51)78(81,82)83)70(101)95-44-53(108-12-2)42-59(95)69(100)86-77(33-21-34-77)76(107)92(10)67(52-24-15-16-25-52)75(106)91(9)60(72(103)93-35-18-19-36-93)43-63(97)90(8)58(68(99)85-66)40-49-22-20-23-49/h13-14,47-61,65-67H,11-12,15-46H2,1-10H3,(H,84,96)(H,85,99)(H,86,100)/b14-13-/t47?,48-,50?,51?,53+,54?,55?,56-,57-,58-,59-,60-,61-,65?,66-,67-/m0/s1. The molecule has 5 saturated carbocycles. The average molecular weight is 1530 g/mol. The summed E-state index contributed by atoms with van der Waals surface area (Å²) in [5.74, 6) is -12.5. The Kier molecular flexibility index (Phi) is 29.4. The van der Waals surface area contributed by atoms with Gasteiger partial charge in [-0.3, -0.25) is 57.5 Å². The first-order valence-corrected chi connectivity index (χ1v) is 40.2. The van der Waals surface area contributed by atoms with Crippen LogP contribution in [-0.2, 0) is 62.3 Å². The van der Waals surface area contributed by atoms with Crippen LogP contribution >= 0.6 is 0 Å². The number of nitrogens with zero attached hydrogens (tertiary/aromatic N) is 9. The van der Waals surface area contributed by atoms with Crippen molar-refractivity contribution in [1.82, 2.24) is 60.0 Å². The topological polar surface area (TPSA) is 279 Å². The van der Waals surface area contributed by atoms with Gasteiger partial charge in [-0.2, -0.15) is 13.2 Å². The molecule has 2 unspecified atom stereocenters. The highest BCUT2D eigenvalue weighted by Gasteiger charge is 2.56. The van der Waals surface area contributed by atoms with E-state index >= 15 is 51.9 Å². The number of ether oxygens (including phenoxy) is 1. The molecule has 9 aliphatic rings. The SMILES string of the molecule is CCO[C@@H]1C[C@H]2C(=O)NC3(CCC3)C(=O)N(C)[C@@H](C3CCCC3)C(=O)N(C)[C@H](C(=O)N3CCCC3)CC(=O)N(C)[C@@H](CC3CCC3)C(=O)N[C@@H]([C@@H](C)CC)C(=O)N(C)CC(=O)N(C)[C@H]3C/C=C\CCN(C3=O)[C@@H](CC3CCC(C)CC3)C(=O)N(C)CC(=O)N[C@@H](CCC3CC(F)C(C(F)(F)F)C(F)C3)C(=O)N2C1. The van der Waals surface area contributed by atoms with Gasteiger partial charge in [-0.05, 0) is 139 Å². The highest BCUT2D eigenvalue weighted by Crippen LogP contribution is 2.45. The number of likely N-dealkylation sites (tertiary alicyclic amines) is 1. The second kappa shape index (κ2) is 37.3. The zero-order valence-corrected chi connectivity index (χ0v) is 65.3. The number of hydrogen-bond acceptors (Lipinski definition) is 13. The largest absolute Gasteiger partial charge is 0.397 e. The third-order valence-corrected chi connectivity index (χ3v) is 25.8. The quantitative estimate of drug-likeness (QED) is 0.132. The van der Waals surface area contributed by atoms with Crippen LogP contribution in [0, 0.1) is 41.4 Å². The van der Waals surface area contributed by atoms with Crippen molar-refractivity contribution in [2.45, 2.75) is 280 Å². The molecule has 4 aliphatic heterocycles. The summed E-state index contributed by atoms with van der Waals surface area (Å²) in [5, 5.41) is 8.71. The van der Waals surface area contributed by atoms with Gasteiger partial charge in [0.15, 0.2) is 0 Å². The van der Waals surface area contributed by atoms with Crippen LogP contribution in [0.3, 0.4) is 0 Å². The molecule has 4 heterocycles. The average Bonchev–Trinajstić information content (AvgIpc) is 1.16. The second-order valence-electron chi connectivity index (χ2n) is 33.2. The normalized spacial score (nSPS) is 33.3. The van der Waals surface area contributed by atoms with Crippen LogP contribution in [0.2, 0.25) is 0 Å². The van der Waals surface area contributed by atoms with E-state index in [0.717, 1.165) is 62.7 Å². The molecule has 606 valence electrons. The van der Waals surface area contributed by atoms with Crippen LogP contribution < -0.4 is 16.0 Å². The molecule has 108 heavy (non-hydrogen) atoms. The third-order valence-electron chi connectivity index (χ3n) is 25.8. The van der Waals surface area contributed by atoms with Crippen molar-refractivity contribution in [2.75, 3.05) is 88.2 Å². The molecule has 0 aromatic rings. The van der Waals surface area contributed by atoms with E-state index in [-0.39, 0.29) is 82.9 Å². The van der Waals surface area contributed by atoms with Gasteiger partial charge in [0, 0.05) is 81.5 Å². The van der Waals surface area contributed by atoms with Crippen LogP contribution in [0.1, 0.15) is 201 Å². The Labute approximate surface area is 633 Å². The summed E-state index contributed by atoms with van der Waals surface area (Å²) >= 11 is 0. The molecule has 25 nitrogen and oxygen atoms in total. The lowest BCUT2D eigenvalue weighted by molar-refractivity contribution is -0.219. The molecule has 5 aliphatic carbocycles.